The van der Waals surface area contributed by atoms with Crippen molar-refractivity contribution in [3.05, 3.63) is 48.6 Å². The molecule has 0 saturated heterocycles. The van der Waals surface area contributed by atoms with Crippen LogP contribution < -0.4 is 5.32 Å². The number of rotatable bonds is 18. The van der Waals surface area contributed by atoms with Gasteiger partial charge in [0.1, 0.15) is 6.67 Å². The molecule has 3 heteroatoms. The molecule has 0 aromatic rings. The van der Waals surface area contributed by atoms with E-state index in [1.807, 2.05) is 6.92 Å². The zero-order chi connectivity index (χ0) is 22.5. The summed E-state index contributed by atoms with van der Waals surface area (Å²) in [7, 11) is 0. The smallest absolute Gasteiger partial charge is 0.222 e. The van der Waals surface area contributed by atoms with E-state index in [1.54, 1.807) is 0 Å². The number of carbonyl (C=O) groups excluding carboxylic acids is 1. The molecule has 0 aromatic carbocycles. The predicted octanol–water partition coefficient (Wildman–Crippen LogP) is 7.88. The summed E-state index contributed by atoms with van der Waals surface area (Å²) in [5.74, 6) is -0.124. The number of unbranched alkanes of at least 4 members (excludes halogenated alkanes) is 2. The first-order valence-electron chi connectivity index (χ1n) is 11.9. The molecule has 0 aliphatic heterocycles. The first kappa shape index (κ1) is 28.4. The Bertz CT molecular complexity index is 531. The summed E-state index contributed by atoms with van der Waals surface area (Å²) in [6, 6.07) is 0. The fraction of sp³-hybridized carbons (Fsp3) is 0.667. The molecule has 0 radical (unpaired) electrons. The van der Waals surface area contributed by atoms with Gasteiger partial charge in [0.15, 0.2) is 0 Å². The van der Waals surface area contributed by atoms with Crippen molar-refractivity contribution in [3.8, 4) is 0 Å². The van der Waals surface area contributed by atoms with Crippen LogP contribution in [0.4, 0.5) is 4.39 Å². The number of carbonyl (C=O) groups is 1. The van der Waals surface area contributed by atoms with Crippen LogP contribution in [0.15, 0.2) is 48.6 Å². The molecule has 172 valence electrons. The number of amides is 1. The van der Waals surface area contributed by atoms with Crippen LogP contribution in [0.25, 0.3) is 0 Å². The van der Waals surface area contributed by atoms with Crippen LogP contribution in [0.5, 0.6) is 0 Å². The van der Waals surface area contributed by atoms with Crippen molar-refractivity contribution >= 4 is 5.91 Å². The van der Waals surface area contributed by atoms with E-state index in [9.17, 15) is 9.18 Å². The minimum atomic E-state index is -0.506. The van der Waals surface area contributed by atoms with E-state index in [0.717, 1.165) is 38.5 Å². The van der Waals surface area contributed by atoms with Crippen molar-refractivity contribution in [3.63, 3.8) is 0 Å². The molecular formula is C27H46FNO. The predicted molar refractivity (Wildman–Crippen MR) is 130 cm³/mol. The lowest BCUT2D eigenvalue weighted by Gasteiger charge is -2.22. The van der Waals surface area contributed by atoms with E-state index in [1.165, 1.54) is 25.7 Å². The van der Waals surface area contributed by atoms with E-state index in [4.69, 9.17) is 0 Å². The summed E-state index contributed by atoms with van der Waals surface area (Å²) in [4.78, 5) is 11.6. The molecule has 30 heavy (non-hydrogen) atoms. The van der Waals surface area contributed by atoms with Crippen LogP contribution in [-0.4, -0.2) is 19.1 Å². The zero-order valence-corrected chi connectivity index (χ0v) is 20.0. The van der Waals surface area contributed by atoms with Crippen LogP contribution in [0.2, 0.25) is 0 Å². The number of hydrogen-bond donors (Lipinski definition) is 1. The maximum Gasteiger partial charge on any atom is 0.222 e. The molecule has 0 aromatic heterocycles. The third-order valence-electron chi connectivity index (χ3n) is 5.22. The van der Waals surface area contributed by atoms with E-state index < -0.39 is 6.67 Å². The zero-order valence-electron chi connectivity index (χ0n) is 20.0. The molecule has 0 fully saturated rings. The Hall–Kier alpha value is -1.64. The fourth-order valence-electron chi connectivity index (χ4n) is 3.11. The molecule has 0 unspecified atom stereocenters. The van der Waals surface area contributed by atoms with E-state index in [-0.39, 0.29) is 18.4 Å². The highest BCUT2D eigenvalue weighted by molar-refractivity contribution is 5.78. The van der Waals surface area contributed by atoms with Crippen LogP contribution in [0.3, 0.4) is 0 Å². The minimum absolute atomic E-state index is 0.0572. The Labute approximate surface area is 185 Å². The molecule has 1 amide bonds. The van der Waals surface area contributed by atoms with Gasteiger partial charge in [0.05, 0.1) is 0 Å². The molecule has 0 rings (SSSR count). The van der Waals surface area contributed by atoms with Crippen LogP contribution in [0.1, 0.15) is 91.9 Å². The quantitative estimate of drug-likeness (QED) is 0.178. The summed E-state index contributed by atoms with van der Waals surface area (Å²) in [5, 5.41) is 2.58. The number of alkyl halides is 1. The fourth-order valence-corrected chi connectivity index (χ4v) is 3.11. The van der Waals surface area contributed by atoms with Crippen molar-refractivity contribution in [1.82, 2.24) is 5.32 Å². The minimum Gasteiger partial charge on any atom is -0.353 e. The maximum absolute atomic E-state index is 12.0. The van der Waals surface area contributed by atoms with Crippen LogP contribution in [0, 0.1) is 11.3 Å². The molecule has 1 N–H and O–H groups in total. The molecular weight excluding hydrogens is 373 g/mol. The second kappa shape index (κ2) is 19.3. The molecule has 0 aliphatic carbocycles. The highest BCUT2D eigenvalue weighted by Crippen LogP contribution is 2.28. The summed E-state index contributed by atoms with van der Waals surface area (Å²) in [5.41, 5.74) is 0.422. The highest BCUT2D eigenvalue weighted by Gasteiger charge is 2.14. The highest BCUT2D eigenvalue weighted by atomic mass is 19.1. The third-order valence-corrected chi connectivity index (χ3v) is 5.22. The Morgan fingerprint density at radius 3 is 2.07 bits per heavy atom. The van der Waals surface area contributed by atoms with Crippen molar-refractivity contribution in [2.24, 2.45) is 11.3 Å². The average Bonchev–Trinajstić information content (AvgIpc) is 2.72. The van der Waals surface area contributed by atoms with Crippen LogP contribution in [-0.2, 0) is 4.79 Å². The van der Waals surface area contributed by atoms with E-state index >= 15 is 0 Å². The summed E-state index contributed by atoms with van der Waals surface area (Å²) >= 11 is 0. The van der Waals surface area contributed by atoms with Gasteiger partial charge in [0, 0.05) is 12.5 Å². The van der Waals surface area contributed by atoms with Gasteiger partial charge in [-0.25, -0.2) is 4.39 Å². The topological polar surface area (TPSA) is 29.1 Å². The largest absolute Gasteiger partial charge is 0.353 e. The SMILES string of the molecule is CCCCCC(C)(C)C/C=C\C/C=C\C/C=C\C/C=C\CC[C@@H](C)C(=O)NCCF. The van der Waals surface area contributed by atoms with Crippen molar-refractivity contribution in [2.75, 3.05) is 13.2 Å². The lowest BCUT2D eigenvalue weighted by Crippen LogP contribution is -2.30. The molecule has 0 saturated carbocycles. The number of nitrogens with one attached hydrogen (secondary N) is 1. The Morgan fingerprint density at radius 1 is 0.933 bits per heavy atom. The average molecular weight is 420 g/mol. The van der Waals surface area contributed by atoms with Gasteiger partial charge in [-0.2, -0.15) is 0 Å². The number of halogens is 1. The van der Waals surface area contributed by atoms with Gasteiger partial charge in [-0.1, -0.05) is 95.6 Å². The molecule has 0 bridgehead atoms. The first-order chi connectivity index (χ1) is 14.4. The first-order valence-corrected chi connectivity index (χ1v) is 11.9. The maximum atomic E-state index is 12.0. The number of hydrogen-bond acceptors (Lipinski definition) is 1. The monoisotopic (exact) mass is 419 g/mol. The molecule has 0 aliphatic rings. The summed E-state index contributed by atoms with van der Waals surface area (Å²) in [6.07, 6.45) is 28.7. The van der Waals surface area contributed by atoms with Crippen molar-refractivity contribution in [2.45, 2.75) is 91.9 Å². The second-order valence-electron chi connectivity index (χ2n) is 8.88. The van der Waals surface area contributed by atoms with E-state index in [2.05, 4.69) is 74.7 Å². The molecule has 0 heterocycles. The van der Waals surface area contributed by atoms with Gasteiger partial charge in [-0.15, -0.1) is 0 Å². The Kier molecular flexibility index (Phi) is 18.3. The van der Waals surface area contributed by atoms with Gasteiger partial charge in [0.25, 0.3) is 0 Å². The van der Waals surface area contributed by atoms with Gasteiger partial charge in [-0.05, 0) is 50.4 Å². The second-order valence-corrected chi connectivity index (χ2v) is 8.88. The molecule has 1 atom stereocenters. The van der Waals surface area contributed by atoms with Gasteiger partial charge in [-0.3, -0.25) is 4.79 Å². The van der Waals surface area contributed by atoms with Gasteiger partial charge in [0.2, 0.25) is 5.91 Å². The summed E-state index contributed by atoms with van der Waals surface area (Å²) in [6.45, 7) is 8.50. The normalized spacial score (nSPS) is 13.9. The third kappa shape index (κ3) is 18.4. The lowest BCUT2D eigenvalue weighted by atomic mass is 9.83. The molecule has 0 spiro atoms. The summed E-state index contributed by atoms with van der Waals surface area (Å²) < 4.78 is 12.0. The van der Waals surface area contributed by atoms with E-state index in [0.29, 0.717) is 5.41 Å². The van der Waals surface area contributed by atoms with Crippen LogP contribution >= 0.6 is 0 Å². The Balaban J connectivity index is 3.75. The lowest BCUT2D eigenvalue weighted by molar-refractivity contribution is -0.124. The van der Waals surface area contributed by atoms with Gasteiger partial charge >= 0.3 is 0 Å². The Morgan fingerprint density at radius 2 is 1.50 bits per heavy atom. The van der Waals surface area contributed by atoms with Crippen molar-refractivity contribution in [1.29, 1.82) is 0 Å². The van der Waals surface area contributed by atoms with Crippen molar-refractivity contribution < 1.29 is 9.18 Å². The molecule has 2 nitrogen and oxygen atoms in total. The number of allylic oxidation sites excluding steroid dienone is 8. The van der Waals surface area contributed by atoms with Gasteiger partial charge < -0.3 is 5.32 Å². The standard InChI is InChI=1S/C27H46FNO/c1-5-6-18-21-27(3,4)22-19-16-14-12-10-8-7-9-11-13-15-17-20-25(2)26(30)29-24-23-28/h7,9-10,12-13,15-16,19,25H,5-6,8,11,14,17-18,20-24H2,1-4H3,(H,29,30)/b9-7-,12-10-,15-13-,19-16-/t25-/m1/s1.